The van der Waals surface area contributed by atoms with Crippen molar-refractivity contribution in [3.05, 3.63) is 68.2 Å². The molecule has 2 aromatic carbocycles. The number of aromatic nitrogens is 2. The van der Waals surface area contributed by atoms with E-state index >= 15 is 0 Å². The molecule has 152 valence electrons. The van der Waals surface area contributed by atoms with Crippen molar-refractivity contribution in [2.75, 3.05) is 37.6 Å². The van der Waals surface area contributed by atoms with Crippen LogP contribution in [0.3, 0.4) is 0 Å². The summed E-state index contributed by atoms with van der Waals surface area (Å²) in [6.07, 6.45) is 0.932. The molecule has 2 heterocycles. The molecule has 0 spiro atoms. The molecule has 0 amide bonds. The van der Waals surface area contributed by atoms with E-state index in [9.17, 15) is 4.79 Å². The van der Waals surface area contributed by atoms with Crippen LogP contribution in [0.2, 0.25) is 5.02 Å². The Morgan fingerprint density at radius 2 is 1.93 bits per heavy atom. The van der Waals surface area contributed by atoms with Gasteiger partial charge in [0.05, 0.1) is 43.6 Å². The number of H-pyrrole nitrogens is 1. The summed E-state index contributed by atoms with van der Waals surface area (Å²) in [6.45, 7) is 8.04. The first kappa shape index (κ1) is 20.1. The summed E-state index contributed by atoms with van der Waals surface area (Å²) in [7, 11) is 0. The van der Waals surface area contributed by atoms with E-state index in [0.717, 1.165) is 49.7 Å². The van der Waals surface area contributed by atoms with Crippen LogP contribution < -0.4 is 15.4 Å². The number of benzene rings is 2. The average Bonchev–Trinajstić information content (AvgIpc) is 2.73. The van der Waals surface area contributed by atoms with Crippen molar-refractivity contribution in [1.29, 1.82) is 0 Å². The highest BCUT2D eigenvalue weighted by molar-refractivity contribution is 7.71. The average molecular weight is 430 g/mol. The number of rotatable bonds is 5. The summed E-state index contributed by atoms with van der Waals surface area (Å²) in [5.74, 6) is 0. The van der Waals surface area contributed by atoms with Gasteiger partial charge in [-0.05, 0) is 49.0 Å². The van der Waals surface area contributed by atoms with Crippen LogP contribution in [0.5, 0.6) is 0 Å². The predicted octanol–water partition coefficient (Wildman–Crippen LogP) is 2.82. The third-order valence-corrected chi connectivity index (χ3v) is 6.34. The van der Waals surface area contributed by atoms with Gasteiger partial charge in [0.1, 0.15) is 0 Å². The molecule has 3 aromatic rings. The van der Waals surface area contributed by atoms with Gasteiger partial charge in [-0.15, -0.1) is 0 Å². The van der Waals surface area contributed by atoms with Gasteiger partial charge < -0.3 is 14.8 Å². The standard InChI is InChI=1S/C22H25ClN4OS/c1-16-7-8-17(23)15-20(16)26-13-11-25(12-14-26)9-4-10-27-21(28)18-5-2-3-6-19(18)24-22(27)29/h2-3,5-8,15H,4,9-14H2,1H3,(H,24,29)/p+1. The molecule has 0 saturated carbocycles. The van der Waals surface area contributed by atoms with Crippen LogP contribution in [-0.2, 0) is 6.54 Å². The molecule has 2 N–H and O–H groups in total. The molecule has 5 nitrogen and oxygen atoms in total. The van der Waals surface area contributed by atoms with E-state index < -0.39 is 0 Å². The van der Waals surface area contributed by atoms with Gasteiger partial charge in [-0.1, -0.05) is 29.8 Å². The van der Waals surface area contributed by atoms with Crippen molar-refractivity contribution in [1.82, 2.24) is 9.55 Å². The molecule has 4 rings (SSSR count). The number of nitrogens with zero attached hydrogens (tertiary/aromatic N) is 2. The van der Waals surface area contributed by atoms with Gasteiger partial charge >= 0.3 is 0 Å². The highest BCUT2D eigenvalue weighted by Crippen LogP contribution is 2.24. The molecule has 29 heavy (non-hydrogen) atoms. The molecule has 0 bridgehead atoms. The topological polar surface area (TPSA) is 45.5 Å². The molecule has 0 radical (unpaired) electrons. The fraction of sp³-hybridized carbons (Fsp3) is 0.364. The van der Waals surface area contributed by atoms with Crippen LogP contribution in [0.1, 0.15) is 12.0 Å². The number of nitrogens with one attached hydrogen (secondary N) is 2. The second-order valence-corrected chi connectivity index (χ2v) is 8.53. The lowest BCUT2D eigenvalue weighted by Gasteiger charge is -2.34. The van der Waals surface area contributed by atoms with Crippen LogP contribution in [-0.4, -0.2) is 42.3 Å². The summed E-state index contributed by atoms with van der Waals surface area (Å²) in [6, 6.07) is 13.6. The number of halogens is 1. The number of anilines is 1. The second-order valence-electron chi connectivity index (χ2n) is 7.70. The quantitative estimate of drug-likeness (QED) is 0.613. The van der Waals surface area contributed by atoms with Gasteiger partial charge in [-0.3, -0.25) is 9.36 Å². The van der Waals surface area contributed by atoms with E-state index in [2.05, 4.69) is 28.9 Å². The minimum atomic E-state index is 0.000556. The number of para-hydroxylation sites is 1. The monoisotopic (exact) mass is 429 g/mol. The lowest BCUT2D eigenvalue weighted by molar-refractivity contribution is -0.900. The molecule has 0 atom stereocenters. The first-order chi connectivity index (χ1) is 14.0. The van der Waals surface area contributed by atoms with Crippen LogP contribution in [0.25, 0.3) is 10.9 Å². The molecular formula is C22H26ClN4OS+. The molecule has 1 fully saturated rings. The number of fused-ring (bicyclic) bond motifs is 1. The largest absolute Gasteiger partial charge is 0.360 e. The maximum atomic E-state index is 12.7. The zero-order chi connectivity index (χ0) is 20.4. The van der Waals surface area contributed by atoms with Crippen LogP contribution in [0.4, 0.5) is 5.69 Å². The molecule has 1 saturated heterocycles. The molecule has 7 heteroatoms. The van der Waals surface area contributed by atoms with Crippen LogP contribution in [0.15, 0.2) is 47.3 Å². The Bertz CT molecular complexity index is 1130. The van der Waals surface area contributed by atoms with Gasteiger partial charge in [0.2, 0.25) is 0 Å². The number of quaternary nitrogens is 1. The summed E-state index contributed by atoms with van der Waals surface area (Å²) < 4.78 is 2.20. The van der Waals surface area contributed by atoms with Gasteiger partial charge in [0.25, 0.3) is 5.56 Å². The van der Waals surface area contributed by atoms with Crippen molar-refractivity contribution in [2.45, 2.75) is 19.9 Å². The number of hydrogen-bond donors (Lipinski definition) is 2. The Kier molecular flexibility index (Phi) is 6.04. The highest BCUT2D eigenvalue weighted by atomic mass is 35.5. The van der Waals surface area contributed by atoms with Crippen LogP contribution >= 0.6 is 23.8 Å². The smallest absolute Gasteiger partial charge is 0.262 e. The fourth-order valence-electron chi connectivity index (χ4n) is 4.13. The molecular weight excluding hydrogens is 404 g/mol. The first-order valence-electron chi connectivity index (χ1n) is 10.1. The third-order valence-electron chi connectivity index (χ3n) is 5.78. The zero-order valence-corrected chi connectivity index (χ0v) is 18.2. The second kappa shape index (κ2) is 8.69. The third kappa shape index (κ3) is 4.39. The summed E-state index contributed by atoms with van der Waals surface area (Å²) >= 11 is 11.6. The fourth-order valence-corrected chi connectivity index (χ4v) is 4.58. The van der Waals surface area contributed by atoms with Gasteiger partial charge in [0.15, 0.2) is 4.77 Å². The molecule has 0 unspecified atom stereocenters. The van der Waals surface area contributed by atoms with Gasteiger partial charge in [0, 0.05) is 23.7 Å². The van der Waals surface area contributed by atoms with Crippen molar-refractivity contribution in [3.63, 3.8) is 0 Å². The Balaban J connectivity index is 1.35. The van der Waals surface area contributed by atoms with Crippen molar-refractivity contribution < 1.29 is 4.90 Å². The van der Waals surface area contributed by atoms with E-state index in [1.54, 1.807) is 9.47 Å². The van der Waals surface area contributed by atoms with Crippen molar-refractivity contribution in [2.24, 2.45) is 0 Å². The Morgan fingerprint density at radius 3 is 2.72 bits per heavy atom. The normalized spacial score (nSPS) is 15.2. The zero-order valence-electron chi connectivity index (χ0n) is 16.6. The summed E-state index contributed by atoms with van der Waals surface area (Å²) in [5.41, 5.74) is 3.31. The molecule has 1 aromatic heterocycles. The Hall–Kier alpha value is -2.15. The molecule has 1 aliphatic heterocycles. The highest BCUT2D eigenvalue weighted by Gasteiger charge is 2.21. The van der Waals surface area contributed by atoms with E-state index in [-0.39, 0.29) is 5.56 Å². The Labute approximate surface area is 180 Å². The van der Waals surface area contributed by atoms with Crippen molar-refractivity contribution >= 4 is 40.4 Å². The minimum absolute atomic E-state index is 0.000556. The maximum absolute atomic E-state index is 12.7. The van der Waals surface area contributed by atoms with Crippen molar-refractivity contribution in [3.8, 4) is 0 Å². The number of piperazine rings is 1. The first-order valence-corrected chi connectivity index (χ1v) is 10.9. The van der Waals surface area contributed by atoms with Crippen LogP contribution in [0, 0.1) is 11.7 Å². The predicted molar refractivity (Wildman–Crippen MR) is 122 cm³/mol. The number of hydrogen-bond acceptors (Lipinski definition) is 3. The number of aryl methyl sites for hydroxylation is 1. The Morgan fingerprint density at radius 1 is 1.17 bits per heavy atom. The summed E-state index contributed by atoms with van der Waals surface area (Å²) in [4.78, 5) is 19.9. The lowest BCUT2D eigenvalue weighted by atomic mass is 10.1. The molecule has 0 aliphatic carbocycles. The maximum Gasteiger partial charge on any atom is 0.262 e. The van der Waals surface area contributed by atoms with Gasteiger partial charge in [-0.25, -0.2) is 0 Å². The minimum Gasteiger partial charge on any atom is -0.360 e. The van der Waals surface area contributed by atoms with Gasteiger partial charge in [-0.2, -0.15) is 0 Å². The van der Waals surface area contributed by atoms with E-state index in [1.165, 1.54) is 11.3 Å². The lowest BCUT2D eigenvalue weighted by Crippen LogP contribution is -3.14. The number of aromatic amines is 1. The van der Waals surface area contributed by atoms with E-state index in [1.807, 2.05) is 30.3 Å². The van der Waals surface area contributed by atoms with E-state index in [0.29, 0.717) is 16.7 Å². The summed E-state index contributed by atoms with van der Waals surface area (Å²) in [5, 5.41) is 1.48. The SMILES string of the molecule is Cc1ccc(Cl)cc1N1CC[NH+](CCCn2c(=S)[nH]c3ccccc3c2=O)CC1. The van der Waals surface area contributed by atoms with E-state index in [4.69, 9.17) is 23.8 Å². The molecule has 1 aliphatic rings.